The van der Waals surface area contributed by atoms with Gasteiger partial charge in [0.2, 0.25) is 0 Å². The van der Waals surface area contributed by atoms with E-state index in [2.05, 4.69) is 42.0 Å². The first-order valence-electron chi connectivity index (χ1n) is 6.11. The lowest BCUT2D eigenvalue weighted by Crippen LogP contribution is -2.28. The highest BCUT2D eigenvalue weighted by molar-refractivity contribution is 5.46. The van der Waals surface area contributed by atoms with Crippen LogP contribution in [0.25, 0.3) is 0 Å². The average Bonchev–Trinajstić information content (AvgIpc) is 2.35. The molecule has 3 heteroatoms. The van der Waals surface area contributed by atoms with Crippen LogP contribution in [0.5, 0.6) is 0 Å². The number of anilines is 2. The van der Waals surface area contributed by atoms with Crippen LogP contribution in [-0.2, 0) is 0 Å². The van der Waals surface area contributed by atoms with Crippen LogP contribution in [0.1, 0.15) is 27.2 Å². The molecule has 0 fully saturated rings. The van der Waals surface area contributed by atoms with Gasteiger partial charge in [-0.1, -0.05) is 26.3 Å². The molecule has 1 atom stereocenters. The maximum absolute atomic E-state index is 4.56. The minimum atomic E-state index is 0.708. The summed E-state index contributed by atoms with van der Waals surface area (Å²) in [6.07, 6.45) is 1.21. The summed E-state index contributed by atoms with van der Waals surface area (Å²) in [4.78, 5) is 6.89. The molecule has 0 aliphatic heterocycles. The third-order valence-corrected chi connectivity index (χ3v) is 2.93. The second-order valence-electron chi connectivity index (χ2n) is 4.18. The first-order chi connectivity index (χ1) is 7.71. The molecule has 0 aliphatic rings. The molecule has 0 aromatic carbocycles. The van der Waals surface area contributed by atoms with E-state index in [1.165, 1.54) is 6.42 Å². The van der Waals surface area contributed by atoms with Crippen molar-refractivity contribution in [1.82, 2.24) is 4.98 Å². The number of rotatable bonds is 6. The molecule has 0 radical (unpaired) electrons. The van der Waals surface area contributed by atoms with Crippen LogP contribution in [0, 0.1) is 5.92 Å². The fraction of sp³-hybridized carbons (Fsp3) is 0.615. The molecule has 0 bridgehead atoms. The topological polar surface area (TPSA) is 28.2 Å². The Kier molecular flexibility index (Phi) is 5.09. The van der Waals surface area contributed by atoms with Crippen LogP contribution in [-0.4, -0.2) is 25.1 Å². The van der Waals surface area contributed by atoms with Crippen LogP contribution < -0.4 is 10.2 Å². The van der Waals surface area contributed by atoms with Gasteiger partial charge in [0.05, 0.1) is 0 Å². The lowest BCUT2D eigenvalue weighted by molar-refractivity contribution is 0.545. The molecule has 1 rings (SSSR count). The maximum Gasteiger partial charge on any atom is 0.130 e. The van der Waals surface area contributed by atoms with Gasteiger partial charge in [0.15, 0.2) is 0 Å². The second-order valence-corrected chi connectivity index (χ2v) is 4.18. The van der Waals surface area contributed by atoms with Gasteiger partial charge >= 0.3 is 0 Å². The molecule has 90 valence electrons. The number of aromatic nitrogens is 1. The summed E-state index contributed by atoms with van der Waals surface area (Å²) in [5, 5.41) is 3.08. The molecule has 3 nitrogen and oxygen atoms in total. The van der Waals surface area contributed by atoms with Crippen LogP contribution in [0.15, 0.2) is 18.2 Å². The zero-order valence-electron chi connectivity index (χ0n) is 10.8. The third kappa shape index (κ3) is 3.40. The van der Waals surface area contributed by atoms with Crippen LogP contribution in [0.4, 0.5) is 11.6 Å². The van der Waals surface area contributed by atoms with Gasteiger partial charge in [-0.3, -0.25) is 0 Å². The van der Waals surface area contributed by atoms with Gasteiger partial charge in [0, 0.05) is 20.1 Å². The van der Waals surface area contributed by atoms with Crippen molar-refractivity contribution in [3.05, 3.63) is 18.2 Å². The van der Waals surface area contributed by atoms with Crippen molar-refractivity contribution in [1.29, 1.82) is 0 Å². The second kappa shape index (κ2) is 6.36. The molecule has 0 spiro atoms. The zero-order valence-corrected chi connectivity index (χ0v) is 10.8. The molecule has 1 N–H and O–H groups in total. The third-order valence-electron chi connectivity index (χ3n) is 2.93. The van der Waals surface area contributed by atoms with Crippen molar-refractivity contribution < 1.29 is 0 Å². The Morgan fingerprint density at radius 2 is 2.12 bits per heavy atom. The normalized spacial score (nSPS) is 12.2. The van der Waals surface area contributed by atoms with Crippen molar-refractivity contribution in [2.45, 2.75) is 27.2 Å². The van der Waals surface area contributed by atoms with Crippen LogP contribution >= 0.6 is 0 Å². The molecule has 0 amide bonds. The number of nitrogens with one attached hydrogen (secondary N) is 1. The summed E-state index contributed by atoms with van der Waals surface area (Å²) < 4.78 is 0. The Bertz CT molecular complexity index is 312. The number of hydrogen-bond donors (Lipinski definition) is 1. The van der Waals surface area contributed by atoms with E-state index in [9.17, 15) is 0 Å². The Labute approximate surface area is 98.9 Å². The first-order valence-corrected chi connectivity index (χ1v) is 6.11. The highest BCUT2D eigenvalue weighted by Crippen LogP contribution is 2.16. The molecular formula is C13H23N3. The summed E-state index contributed by atoms with van der Waals surface area (Å²) >= 11 is 0. The minimum Gasteiger partial charge on any atom is -0.373 e. The van der Waals surface area contributed by atoms with E-state index in [0.717, 1.165) is 24.7 Å². The SMILES string of the molecule is CCC(C)CN(CC)c1cccc(NC)n1. The molecular weight excluding hydrogens is 198 g/mol. The van der Waals surface area contributed by atoms with Gasteiger partial charge in [-0.15, -0.1) is 0 Å². The average molecular weight is 221 g/mol. The molecule has 1 aromatic rings. The van der Waals surface area contributed by atoms with Crippen molar-refractivity contribution in [3.63, 3.8) is 0 Å². The van der Waals surface area contributed by atoms with E-state index < -0.39 is 0 Å². The monoisotopic (exact) mass is 221 g/mol. The molecule has 16 heavy (non-hydrogen) atoms. The summed E-state index contributed by atoms with van der Waals surface area (Å²) in [7, 11) is 1.90. The molecule has 1 unspecified atom stereocenters. The zero-order chi connectivity index (χ0) is 12.0. The van der Waals surface area contributed by atoms with Crippen LogP contribution in [0.2, 0.25) is 0 Å². The van der Waals surface area contributed by atoms with Gasteiger partial charge in [-0.25, -0.2) is 4.98 Å². The summed E-state index contributed by atoms with van der Waals surface area (Å²) in [5.74, 6) is 2.70. The first kappa shape index (κ1) is 12.8. The Balaban J connectivity index is 2.77. The quantitative estimate of drug-likeness (QED) is 0.800. The smallest absolute Gasteiger partial charge is 0.130 e. The number of pyridine rings is 1. The van der Waals surface area contributed by atoms with Gasteiger partial charge in [-0.05, 0) is 25.0 Å². The van der Waals surface area contributed by atoms with Gasteiger partial charge in [0.1, 0.15) is 11.6 Å². The van der Waals surface area contributed by atoms with Gasteiger partial charge in [0.25, 0.3) is 0 Å². The van der Waals surface area contributed by atoms with E-state index in [-0.39, 0.29) is 0 Å². The molecule has 1 heterocycles. The van der Waals surface area contributed by atoms with Crippen molar-refractivity contribution in [3.8, 4) is 0 Å². The van der Waals surface area contributed by atoms with Crippen molar-refractivity contribution in [2.75, 3.05) is 30.4 Å². The fourth-order valence-corrected chi connectivity index (χ4v) is 1.63. The molecule has 0 saturated carbocycles. The van der Waals surface area contributed by atoms with Gasteiger partial charge < -0.3 is 10.2 Å². The van der Waals surface area contributed by atoms with Gasteiger partial charge in [-0.2, -0.15) is 0 Å². The summed E-state index contributed by atoms with van der Waals surface area (Å²) in [5.41, 5.74) is 0. The summed E-state index contributed by atoms with van der Waals surface area (Å²) in [6.45, 7) is 8.77. The minimum absolute atomic E-state index is 0.708. The predicted molar refractivity (Wildman–Crippen MR) is 71.1 cm³/mol. The lowest BCUT2D eigenvalue weighted by Gasteiger charge is -2.25. The standard InChI is InChI=1S/C13H23N3/c1-5-11(3)10-16(6-2)13-9-7-8-12(14-4)15-13/h7-9,11H,5-6,10H2,1-4H3,(H,14,15). The Morgan fingerprint density at radius 3 is 2.69 bits per heavy atom. The maximum atomic E-state index is 4.56. The van der Waals surface area contributed by atoms with E-state index in [1.807, 2.05) is 19.2 Å². The number of nitrogens with zero attached hydrogens (tertiary/aromatic N) is 2. The van der Waals surface area contributed by atoms with E-state index in [0.29, 0.717) is 5.92 Å². The van der Waals surface area contributed by atoms with E-state index in [1.54, 1.807) is 0 Å². The summed E-state index contributed by atoms with van der Waals surface area (Å²) in [6, 6.07) is 6.11. The van der Waals surface area contributed by atoms with E-state index >= 15 is 0 Å². The van der Waals surface area contributed by atoms with E-state index in [4.69, 9.17) is 0 Å². The Hall–Kier alpha value is -1.25. The number of hydrogen-bond acceptors (Lipinski definition) is 3. The highest BCUT2D eigenvalue weighted by Gasteiger charge is 2.09. The fourth-order valence-electron chi connectivity index (χ4n) is 1.63. The van der Waals surface area contributed by atoms with Crippen LogP contribution in [0.3, 0.4) is 0 Å². The Morgan fingerprint density at radius 1 is 1.38 bits per heavy atom. The lowest BCUT2D eigenvalue weighted by atomic mass is 10.1. The van der Waals surface area contributed by atoms with Crippen molar-refractivity contribution in [2.24, 2.45) is 5.92 Å². The molecule has 0 aliphatic carbocycles. The van der Waals surface area contributed by atoms with Crippen molar-refractivity contribution >= 4 is 11.6 Å². The molecule has 0 saturated heterocycles. The predicted octanol–water partition coefficient (Wildman–Crippen LogP) is 3.00. The highest BCUT2D eigenvalue weighted by atomic mass is 15.2. The largest absolute Gasteiger partial charge is 0.373 e. The molecule has 1 aromatic heterocycles.